The second kappa shape index (κ2) is 4.66. The number of rotatable bonds is 2. The quantitative estimate of drug-likeness (QED) is 0.805. The summed E-state index contributed by atoms with van der Waals surface area (Å²) < 4.78 is 27.4. The predicted molar refractivity (Wildman–Crippen MR) is 69.3 cm³/mol. The van der Waals surface area contributed by atoms with Gasteiger partial charge < -0.3 is 0 Å². The van der Waals surface area contributed by atoms with E-state index in [1.54, 1.807) is 7.05 Å². The van der Waals surface area contributed by atoms with Crippen LogP contribution in [0.1, 0.15) is 18.9 Å². The van der Waals surface area contributed by atoms with Crippen molar-refractivity contribution >= 4 is 15.9 Å². The largest absolute Gasteiger partial charge is 0.303 e. The van der Waals surface area contributed by atoms with Gasteiger partial charge in [0.15, 0.2) is 0 Å². The van der Waals surface area contributed by atoms with E-state index in [1.165, 1.54) is 8.61 Å². The van der Waals surface area contributed by atoms with E-state index in [0.717, 1.165) is 24.1 Å². The number of hydrogen-bond donors (Lipinski definition) is 0. The average Bonchev–Trinajstić information content (AvgIpc) is 2.33. The minimum absolute atomic E-state index is 0.573. The molecule has 0 radical (unpaired) electrons. The molecule has 1 heterocycles. The van der Waals surface area contributed by atoms with E-state index in [1.807, 2.05) is 31.2 Å². The Morgan fingerprint density at radius 3 is 2.65 bits per heavy atom. The number of para-hydroxylation sites is 1. The zero-order chi connectivity index (χ0) is 12.5. The summed E-state index contributed by atoms with van der Waals surface area (Å²) in [6.45, 7) is 3.22. The second-order valence-electron chi connectivity index (χ2n) is 4.24. The maximum absolute atomic E-state index is 12.2. The van der Waals surface area contributed by atoms with E-state index in [9.17, 15) is 8.42 Å². The lowest BCUT2D eigenvalue weighted by atomic mass is 10.1. The summed E-state index contributed by atoms with van der Waals surface area (Å²) in [6, 6.07) is 7.70. The summed E-state index contributed by atoms with van der Waals surface area (Å²) in [7, 11) is -1.69. The van der Waals surface area contributed by atoms with Crippen LogP contribution in [0.15, 0.2) is 24.3 Å². The number of anilines is 1. The molecule has 0 aliphatic carbocycles. The van der Waals surface area contributed by atoms with Crippen LogP contribution in [0, 0.1) is 0 Å². The fraction of sp³-hybridized carbons (Fsp3) is 0.500. The fourth-order valence-electron chi connectivity index (χ4n) is 2.13. The molecular weight excluding hydrogens is 236 g/mol. The Kier molecular flexibility index (Phi) is 3.40. The summed E-state index contributed by atoms with van der Waals surface area (Å²) in [5.74, 6) is 0. The first-order chi connectivity index (χ1) is 8.07. The lowest BCUT2D eigenvalue weighted by molar-refractivity contribution is 0.438. The van der Waals surface area contributed by atoms with Crippen LogP contribution in [0.25, 0.3) is 0 Å². The summed E-state index contributed by atoms with van der Waals surface area (Å²) in [5, 5.41) is 0. The molecular formula is C12H18N2O2S. The first kappa shape index (κ1) is 12.4. The van der Waals surface area contributed by atoms with E-state index in [0.29, 0.717) is 13.1 Å². The van der Waals surface area contributed by atoms with Crippen LogP contribution in [0.5, 0.6) is 0 Å². The third-order valence-electron chi connectivity index (χ3n) is 3.15. The predicted octanol–water partition coefficient (Wildman–Crippen LogP) is 1.64. The van der Waals surface area contributed by atoms with Crippen LogP contribution in [-0.4, -0.2) is 32.9 Å². The lowest BCUT2D eigenvalue weighted by Crippen LogP contribution is -2.48. The Bertz CT molecular complexity index is 499. The number of aryl methyl sites for hydroxylation is 1. The average molecular weight is 254 g/mol. The molecule has 94 valence electrons. The molecule has 2 rings (SSSR count). The monoisotopic (exact) mass is 254 g/mol. The molecule has 0 N–H and O–H groups in total. The van der Waals surface area contributed by atoms with Crippen molar-refractivity contribution < 1.29 is 8.42 Å². The normalized spacial score (nSPS) is 20.5. The van der Waals surface area contributed by atoms with Crippen molar-refractivity contribution in [2.75, 3.05) is 24.4 Å². The maximum Gasteiger partial charge on any atom is 0.303 e. The summed E-state index contributed by atoms with van der Waals surface area (Å²) in [4.78, 5) is 0. The zero-order valence-electron chi connectivity index (χ0n) is 10.3. The molecule has 0 amide bonds. The Morgan fingerprint density at radius 2 is 1.94 bits per heavy atom. The summed E-state index contributed by atoms with van der Waals surface area (Å²) in [5.41, 5.74) is 1.90. The number of benzene rings is 1. The Morgan fingerprint density at radius 1 is 1.24 bits per heavy atom. The minimum atomic E-state index is -3.32. The fourth-order valence-corrected chi connectivity index (χ4v) is 3.62. The maximum atomic E-state index is 12.2. The second-order valence-corrected chi connectivity index (χ2v) is 6.20. The number of hydrogen-bond acceptors (Lipinski definition) is 2. The van der Waals surface area contributed by atoms with Gasteiger partial charge in [-0.25, -0.2) is 0 Å². The molecule has 0 spiro atoms. The molecule has 1 aliphatic rings. The van der Waals surface area contributed by atoms with Gasteiger partial charge >= 0.3 is 10.2 Å². The van der Waals surface area contributed by atoms with Crippen molar-refractivity contribution in [1.29, 1.82) is 0 Å². The van der Waals surface area contributed by atoms with Gasteiger partial charge in [0.1, 0.15) is 0 Å². The van der Waals surface area contributed by atoms with Gasteiger partial charge in [-0.2, -0.15) is 12.7 Å². The van der Waals surface area contributed by atoms with Crippen LogP contribution in [0.2, 0.25) is 0 Å². The highest BCUT2D eigenvalue weighted by Crippen LogP contribution is 2.27. The Labute approximate surface area is 103 Å². The Balaban J connectivity index is 2.45. The van der Waals surface area contributed by atoms with Crippen LogP contribution >= 0.6 is 0 Å². The highest BCUT2D eigenvalue weighted by atomic mass is 32.2. The first-order valence-corrected chi connectivity index (χ1v) is 7.29. The highest BCUT2D eigenvalue weighted by molar-refractivity contribution is 7.90. The van der Waals surface area contributed by atoms with Gasteiger partial charge in [-0.1, -0.05) is 25.1 Å². The molecule has 1 saturated heterocycles. The van der Waals surface area contributed by atoms with E-state index < -0.39 is 10.2 Å². The Hall–Kier alpha value is -1.07. The molecule has 1 fully saturated rings. The van der Waals surface area contributed by atoms with Crippen LogP contribution < -0.4 is 4.31 Å². The lowest BCUT2D eigenvalue weighted by Gasteiger charge is -2.34. The van der Waals surface area contributed by atoms with Crippen LogP contribution in [-0.2, 0) is 16.6 Å². The van der Waals surface area contributed by atoms with Crippen molar-refractivity contribution in [3.63, 3.8) is 0 Å². The molecule has 4 nitrogen and oxygen atoms in total. The van der Waals surface area contributed by atoms with Crippen LogP contribution in [0.3, 0.4) is 0 Å². The minimum Gasteiger partial charge on any atom is -0.257 e. The molecule has 0 saturated carbocycles. The van der Waals surface area contributed by atoms with E-state index in [-0.39, 0.29) is 0 Å². The van der Waals surface area contributed by atoms with Gasteiger partial charge in [0.05, 0.1) is 5.69 Å². The van der Waals surface area contributed by atoms with Crippen molar-refractivity contribution in [3.05, 3.63) is 29.8 Å². The van der Waals surface area contributed by atoms with Gasteiger partial charge in [0.2, 0.25) is 0 Å². The van der Waals surface area contributed by atoms with Gasteiger partial charge in [-0.15, -0.1) is 0 Å². The van der Waals surface area contributed by atoms with E-state index >= 15 is 0 Å². The third kappa shape index (κ3) is 2.17. The highest BCUT2D eigenvalue weighted by Gasteiger charge is 2.31. The first-order valence-electron chi connectivity index (χ1n) is 5.89. The van der Waals surface area contributed by atoms with Crippen molar-refractivity contribution in [1.82, 2.24) is 4.31 Å². The summed E-state index contributed by atoms with van der Waals surface area (Å²) >= 11 is 0. The molecule has 1 aliphatic heterocycles. The molecule has 5 heteroatoms. The summed E-state index contributed by atoms with van der Waals surface area (Å²) in [6.07, 6.45) is 1.71. The van der Waals surface area contributed by atoms with Crippen molar-refractivity contribution in [2.24, 2.45) is 0 Å². The molecule has 0 bridgehead atoms. The standard InChI is InChI=1S/C12H18N2O2S/c1-3-11-7-4-5-8-12(11)14-10-6-9-13(2)17(14,15)16/h4-5,7-8H,3,6,9-10H2,1-2H3. The smallest absolute Gasteiger partial charge is 0.257 e. The van der Waals surface area contributed by atoms with Crippen LogP contribution in [0.4, 0.5) is 5.69 Å². The van der Waals surface area contributed by atoms with Crippen molar-refractivity contribution in [3.8, 4) is 0 Å². The molecule has 0 atom stereocenters. The van der Waals surface area contributed by atoms with E-state index in [2.05, 4.69) is 0 Å². The number of nitrogens with zero attached hydrogens (tertiary/aromatic N) is 2. The third-order valence-corrected chi connectivity index (χ3v) is 5.05. The van der Waals surface area contributed by atoms with Gasteiger partial charge in [-0.3, -0.25) is 4.31 Å². The molecule has 1 aromatic rings. The van der Waals surface area contributed by atoms with Gasteiger partial charge in [0, 0.05) is 20.1 Å². The molecule has 0 unspecified atom stereocenters. The van der Waals surface area contributed by atoms with Crippen molar-refractivity contribution in [2.45, 2.75) is 19.8 Å². The SMILES string of the molecule is CCc1ccccc1N1CCCN(C)S1(=O)=O. The zero-order valence-corrected chi connectivity index (χ0v) is 11.1. The molecule has 0 aromatic heterocycles. The van der Waals surface area contributed by atoms with E-state index in [4.69, 9.17) is 0 Å². The topological polar surface area (TPSA) is 40.6 Å². The van der Waals surface area contributed by atoms with Gasteiger partial charge in [-0.05, 0) is 24.5 Å². The molecule has 1 aromatic carbocycles. The van der Waals surface area contributed by atoms with Gasteiger partial charge in [0.25, 0.3) is 0 Å². The molecule has 17 heavy (non-hydrogen) atoms.